The second-order valence-electron chi connectivity index (χ2n) is 3.96. The van der Waals surface area contributed by atoms with Crippen LogP contribution in [0.4, 0.5) is 35.1 Å². The maximum Gasteiger partial charge on any atom is 0.355 e. The third-order valence-electron chi connectivity index (χ3n) is 3.24. The molecule has 1 N–H and O–H groups in total. The van der Waals surface area contributed by atoms with Crippen molar-refractivity contribution in [3.63, 3.8) is 0 Å². The fourth-order valence-corrected chi connectivity index (χ4v) is 2.24. The van der Waals surface area contributed by atoms with E-state index in [9.17, 15) is 35.1 Å². The van der Waals surface area contributed by atoms with Crippen LogP contribution in [0.15, 0.2) is 0 Å². The summed E-state index contributed by atoms with van der Waals surface area (Å²) in [6, 6.07) is 0. The first kappa shape index (κ1) is 11.9. The van der Waals surface area contributed by atoms with Crippen molar-refractivity contribution < 1.29 is 40.2 Å². The highest BCUT2D eigenvalue weighted by atomic mass is 19.3. The molecule has 3 unspecified atom stereocenters. The minimum Gasteiger partial charge on any atom is -0.389 e. The molecule has 0 aromatic heterocycles. The monoisotopic (exact) mass is 256 g/mol. The Hall–Kier alpha value is -0.600. The Labute approximate surface area is 83.0 Å². The Kier molecular flexibility index (Phi) is 1.72. The van der Waals surface area contributed by atoms with Crippen molar-refractivity contribution in [3.05, 3.63) is 0 Å². The summed E-state index contributed by atoms with van der Waals surface area (Å²) in [6.07, 6.45) is -5.25. The minimum atomic E-state index is -5.96. The van der Waals surface area contributed by atoms with Crippen molar-refractivity contribution in [2.24, 2.45) is 0 Å². The maximum absolute atomic E-state index is 13.3. The van der Waals surface area contributed by atoms with E-state index in [1.165, 1.54) is 0 Å². The van der Waals surface area contributed by atoms with E-state index in [1.807, 2.05) is 0 Å². The van der Waals surface area contributed by atoms with Gasteiger partial charge in [0.05, 0.1) is 0 Å². The normalized spacial score (nSPS) is 51.9. The minimum absolute atomic E-state index is 2.07. The smallest absolute Gasteiger partial charge is 0.355 e. The molecule has 9 heteroatoms. The summed E-state index contributed by atoms with van der Waals surface area (Å²) in [5.74, 6) is -17.5. The van der Waals surface area contributed by atoms with Crippen molar-refractivity contribution in [1.82, 2.24) is 0 Å². The lowest BCUT2D eigenvalue weighted by atomic mass is 9.87. The molecule has 2 rings (SSSR count). The van der Waals surface area contributed by atoms with E-state index in [2.05, 4.69) is 0 Å². The molecule has 0 aliphatic heterocycles. The fraction of sp³-hybridized carbons (Fsp3) is 1.00. The van der Waals surface area contributed by atoms with Gasteiger partial charge in [-0.05, 0) is 0 Å². The van der Waals surface area contributed by atoms with Gasteiger partial charge in [0, 0.05) is 6.42 Å². The van der Waals surface area contributed by atoms with Crippen molar-refractivity contribution in [2.75, 3.05) is 0 Å². The van der Waals surface area contributed by atoms with Gasteiger partial charge in [-0.15, -0.1) is 0 Å². The fourth-order valence-electron chi connectivity index (χ4n) is 2.24. The molecule has 0 aromatic rings. The summed E-state index contributed by atoms with van der Waals surface area (Å²) < 4.78 is 104. The number of aliphatic hydroxyl groups is 1. The standard InChI is InChI=1S/C7H4F8O/c8-3-1-2(16)4(9,5(3,10)11)7(14,15)6(3,12)13/h2,16H,1H2. The highest BCUT2D eigenvalue weighted by molar-refractivity contribution is 5.37. The lowest BCUT2D eigenvalue weighted by molar-refractivity contribution is -0.302. The molecule has 16 heavy (non-hydrogen) atoms. The van der Waals surface area contributed by atoms with Gasteiger partial charge in [-0.2, -0.15) is 26.3 Å². The Bertz CT molecular complexity index is 344. The molecule has 94 valence electrons. The zero-order chi connectivity index (χ0) is 12.8. The Morgan fingerprint density at radius 3 is 1.44 bits per heavy atom. The molecule has 2 aliphatic rings. The van der Waals surface area contributed by atoms with E-state index in [4.69, 9.17) is 5.11 Å². The Balaban J connectivity index is 2.77. The summed E-state index contributed by atoms with van der Waals surface area (Å²) in [6.45, 7) is 0. The number of hydrogen-bond acceptors (Lipinski definition) is 1. The first-order chi connectivity index (χ1) is 6.88. The molecule has 2 bridgehead atoms. The van der Waals surface area contributed by atoms with Gasteiger partial charge < -0.3 is 5.11 Å². The van der Waals surface area contributed by atoms with Crippen molar-refractivity contribution in [1.29, 1.82) is 0 Å². The second-order valence-corrected chi connectivity index (χ2v) is 3.96. The molecule has 0 aromatic carbocycles. The molecular weight excluding hydrogens is 252 g/mol. The maximum atomic E-state index is 13.3. The van der Waals surface area contributed by atoms with Gasteiger partial charge in [0.25, 0.3) is 5.67 Å². The molecule has 0 saturated heterocycles. The first-order valence-corrected chi connectivity index (χ1v) is 4.07. The van der Waals surface area contributed by atoms with Crippen LogP contribution < -0.4 is 0 Å². The van der Waals surface area contributed by atoms with Gasteiger partial charge in [0.15, 0.2) is 0 Å². The van der Waals surface area contributed by atoms with Gasteiger partial charge in [0.2, 0.25) is 5.67 Å². The van der Waals surface area contributed by atoms with Crippen LogP contribution in [0.2, 0.25) is 0 Å². The molecule has 0 radical (unpaired) electrons. The lowest BCUT2D eigenvalue weighted by Gasteiger charge is -2.36. The van der Waals surface area contributed by atoms with Gasteiger partial charge in [-0.1, -0.05) is 0 Å². The number of alkyl halides is 8. The van der Waals surface area contributed by atoms with Crippen LogP contribution in [0.5, 0.6) is 0 Å². The van der Waals surface area contributed by atoms with E-state index in [1.54, 1.807) is 0 Å². The van der Waals surface area contributed by atoms with Crippen molar-refractivity contribution >= 4 is 0 Å². The zero-order valence-electron chi connectivity index (χ0n) is 7.26. The number of hydrogen-bond donors (Lipinski definition) is 1. The average Bonchev–Trinajstić information content (AvgIpc) is 2.28. The van der Waals surface area contributed by atoms with Crippen LogP contribution in [0.3, 0.4) is 0 Å². The zero-order valence-corrected chi connectivity index (χ0v) is 7.26. The second kappa shape index (κ2) is 2.32. The molecule has 2 saturated carbocycles. The quantitative estimate of drug-likeness (QED) is 0.658. The van der Waals surface area contributed by atoms with Crippen LogP contribution >= 0.6 is 0 Å². The summed E-state index contributed by atoms with van der Waals surface area (Å²) >= 11 is 0. The molecule has 3 atom stereocenters. The largest absolute Gasteiger partial charge is 0.389 e. The summed E-state index contributed by atoms with van der Waals surface area (Å²) in [7, 11) is 0. The van der Waals surface area contributed by atoms with E-state index in [0.717, 1.165) is 0 Å². The molecule has 0 heterocycles. The Morgan fingerprint density at radius 2 is 1.19 bits per heavy atom. The predicted octanol–water partition coefficient (Wildman–Crippen LogP) is 2.09. The topological polar surface area (TPSA) is 20.2 Å². The highest BCUT2D eigenvalue weighted by Gasteiger charge is 3.04. The number of aliphatic hydroxyl groups excluding tert-OH is 1. The molecular formula is C7H4F8O. The van der Waals surface area contributed by atoms with Crippen LogP contribution in [0.25, 0.3) is 0 Å². The molecule has 0 amide bonds. The molecule has 0 spiro atoms. The van der Waals surface area contributed by atoms with Gasteiger partial charge in [-0.25, -0.2) is 8.78 Å². The van der Waals surface area contributed by atoms with Gasteiger partial charge in [-0.3, -0.25) is 0 Å². The van der Waals surface area contributed by atoms with Crippen molar-refractivity contribution in [2.45, 2.75) is 41.6 Å². The molecule has 1 nitrogen and oxygen atoms in total. The van der Waals surface area contributed by atoms with E-state index < -0.39 is 41.6 Å². The number of rotatable bonds is 0. The first-order valence-electron chi connectivity index (χ1n) is 4.07. The van der Waals surface area contributed by atoms with Gasteiger partial charge in [0.1, 0.15) is 6.10 Å². The van der Waals surface area contributed by atoms with E-state index in [-0.39, 0.29) is 0 Å². The van der Waals surface area contributed by atoms with E-state index in [0.29, 0.717) is 0 Å². The SMILES string of the molecule is OC1CC2(F)C(F)(F)C(F)(F)C1(F)C2(F)F. The van der Waals surface area contributed by atoms with Crippen LogP contribution in [-0.2, 0) is 0 Å². The summed E-state index contributed by atoms with van der Waals surface area (Å²) in [5, 5.41) is 8.64. The number of halogens is 8. The predicted molar refractivity (Wildman–Crippen MR) is 33.1 cm³/mol. The third kappa shape index (κ3) is 0.671. The molecule has 2 fully saturated rings. The Morgan fingerprint density at radius 1 is 0.750 bits per heavy atom. The van der Waals surface area contributed by atoms with Crippen molar-refractivity contribution in [3.8, 4) is 0 Å². The van der Waals surface area contributed by atoms with Crippen LogP contribution in [-0.4, -0.2) is 40.3 Å². The van der Waals surface area contributed by atoms with Crippen LogP contribution in [0, 0.1) is 0 Å². The van der Waals surface area contributed by atoms with Crippen LogP contribution in [0.1, 0.15) is 6.42 Å². The van der Waals surface area contributed by atoms with Gasteiger partial charge >= 0.3 is 17.8 Å². The average molecular weight is 256 g/mol. The summed E-state index contributed by atoms with van der Waals surface area (Å²) in [4.78, 5) is 0. The highest BCUT2D eigenvalue weighted by Crippen LogP contribution is 2.75. The lowest BCUT2D eigenvalue weighted by Crippen LogP contribution is -2.62. The van der Waals surface area contributed by atoms with E-state index >= 15 is 0 Å². The molecule has 2 aliphatic carbocycles. The summed E-state index contributed by atoms with van der Waals surface area (Å²) in [5.41, 5.74) is -10.4. The third-order valence-corrected chi connectivity index (χ3v) is 3.24. The number of fused-ring (bicyclic) bond motifs is 2.